The van der Waals surface area contributed by atoms with Crippen molar-refractivity contribution < 1.29 is 18.3 Å². The van der Waals surface area contributed by atoms with Gasteiger partial charge in [0.15, 0.2) is 0 Å². The molecule has 1 amide bonds. The van der Waals surface area contributed by atoms with Crippen molar-refractivity contribution in [2.75, 3.05) is 26.2 Å². The Hall–Kier alpha value is -2.06. The highest BCUT2D eigenvalue weighted by atomic mass is 79.9. The minimum atomic E-state index is -2.87. The monoisotopic (exact) mass is 425 g/mol. The molecule has 1 aromatic carbocycles. The Morgan fingerprint density at radius 3 is 2.38 bits per heavy atom. The molecule has 138 valence electrons. The average Bonchev–Trinajstić information content (AvgIpc) is 2.64. The number of rotatable bonds is 5. The molecule has 0 radical (unpaired) electrons. The highest BCUT2D eigenvalue weighted by Gasteiger charge is 2.22. The molecule has 2 heterocycles. The summed E-state index contributed by atoms with van der Waals surface area (Å²) < 4.78 is 29.6. The van der Waals surface area contributed by atoms with E-state index in [4.69, 9.17) is 0 Å². The van der Waals surface area contributed by atoms with Crippen LogP contribution in [0.3, 0.4) is 0 Å². The number of benzene rings is 1. The fourth-order valence-corrected chi connectivity index (χ4v) is 3.03. The second-order valence-corrected chi connectivity index (χ2v) is 6.85. The molecule has 1 aromatic heterocycles. The summed E-state index contributed by atoms with van der Waals surface area (Å²) >= 11 is 3.37. The van der Waals surface area contributed by atoms with Gasteiger partial charge in [0.1, 0.15) is 5.75 Å². The van der Waals surface area contributed by atoms with Crippen LogP contribution in [0.5, 0.6) is 5.75 Å². The third-order valence-corrected chi connectivity index (χ3v) is 4.63. The number of alkyl halides is 2. The minimum Gasteiger partial charge on any atom is -0.435 e. The predicted octanol–water partition coefficient (Wildman–Crippen LogP) is 3.40. The van der Waals surface area contributed by atoms with E-state index in [0.29, 0.717) is 18.7 Å². The Bertz CT molecular complexity index is 733. The number of halogens is 3. The van der Waals surface area contributed by atoms with Gasteiger partial charge in [-0.3, -0.25) is 14.7 Å². The maximum atomic E-state index is 12.5. The summed E-state index contributed by atoms with van der Waals surface area (Å²) in [6.07, 6.45) is 1.77. The molecule has 1 saturated heterocycles. The Morgan fingerprint density at radius 2 is 1.81 bits per heavy atom. The summed E-state index contributed by atoms with van der Waals surface area (Å²) in [5.41, 5.74) is 1.46. The normalized spacial score (nSPS) is 15.3. The van der Waals surface area contributed by atoms with E-state index in [1.807, 2.05) is 12.1 Å². The van der Waals surface area contributed by atoms with Crippen LogP contribution >= 0.6 is 15.9 Å². The number of aromatic nitrogens is 1. The molecule has 0 atom stereocenters. The van der Waals surface area contributed by atoms with Crippen molar-refractivity contribution in [2.45, 2.75) is 13.2 Å². The number of nitrogens with zero attached hydrogens (tertiary/aromatic N) is 3. The van der Waals surface area contributed by atoms with Gasteiger partial charge in [0.2, 0.25) is 0 Å². The van der Waals surface area contributed by atoms with E-state index >= 15 is 0 Å². The van der Waals surface area contributed by atoms with Crippen LogP contribution in [0.4, 0.5) is 8.78 Å². The van der Waals surface area contributed by atoms with Crippen LogP contribution in [0.15, 0.2) is 47.1 Å². The Kier molecular flexibility index (Phi) is 6.16. The zero-order valence-electron chi connectivity index (χ0n) is 13.9. The quantitative estimate of drug-likeness (QED) is 0.736. The second kappa shape index (κ2) is 8.55. The summed E-state index contributed by atoms with van der Waals surface area (Å²) in [7, 11) is 0. The molecule has 0 saturated carbocycles. The number of hydrogen-bond acceptors (Lipinski definition) is 4. The molecule has 0 aliphatic carbocycles. The molecule has 1 fully saturated rings. The first kappa shape index (κ1) is 18.7. The van der Waals surface area contributed by atoms with E-state index < -0.39 is 6.61 Å². The zero-order chi connectivity index (χ0) is 18.5. The maximum absolute atomic E-state index is 12.5. The van der Waals surface area contributed by atoms with Crippen molar-refractivity contribution in [3.05, 3.63) is 58.3 Å². The maximum Gasteiger partial charge on any atom is 0.387 e. The average molecular weight is 426 g/mol. The van der Waals surface area contributed by atoms with Gasteiger partial charge in [-0.05, 0) is 52.3 Å². The molecule has 3 rings (SSSR count). The molecular weight excluding hydrogens is 408 g/mol. The van der Waals surface area contributed by atoms with Crippen LogP contribution in [-0.2, 0) is 6.54 Å². The Labute approximate surface area is 158 Å². The highest BCUT2D eigenvalue weighted by Crippen LogP contribution is 2.17. The number of amides is 1. The highest BCUT2D eigenvalue weighted by molar-refractivity contribution is 9.10. The Balaban J connectivity index is 1.52. The van der Waals surface area contributed by atoms with E-state index in [2.05, 4.69) is 30.6 Å². The van der Waals surface area contributed by atoms with Crippen molar-refractivity contribution >= 4 is 21.8 Å². The summed E-state index contributed by atoms with van der Waals surface area (Å²) in [5, 5.41) is 0. The van der Waals surface area contributed by atoms with Crippen LogP contribution < -0.4 is 4.74 Å². The first-order valence-corrected chi connectivity index (χ1v) is 8.97. The predicted molar refractivity (Wildman–Crippen MR) is 96.2 cm³/mol. The van der Waals surface area contributed by atoms with E-state index in [-0.39, 0.29) is 11.7 Å². The Morgan fingerprint density at radius 1 is 1.12 bits per heavy atom. The molecule has 2 aromatic rings. The molecule has 1 aliphatic heterocycles. The lowest BCUT2D eigenvalue weighted by atomic mass is 10.1. The lowest BCUT2D eigenvalue weighted by Gasteiger charge is -2.34. The van der Waals surface area contributed by atoms with Crippen LogP contribution in [0, 0.1) is 0 Å². The largest absolute Gasteiger partial charge is 0.435 e. The number of ether oxygens (including phenoxy) is 1. The molecule has 5 nitrogen and oxygen atoms in total. The first-order valence-electron chi connectivity index (χ1n) is 8.18. The van der Waals surface area contributed by atoms with Crippen molar-refractivity contribution in [1.82, 2.24) is 14.8 Å². The molecule has 0 spiro atoms. The van der Waals surface area contributed by atoms with Gasteiger partial charge < -0.3 is 9.64 Å². The van der Waals surface area contributed by atoms with Gasteiger partial charge in [-0.15, -0.1) is 0 Å². The third-order valence-electron chi connectivity index (χ3n) is 4.16. The lowest BCUT2D eigenvalue weighted by Crippen LogP contribution is -2.48. The third kappa shape index (κ3) is 4.98. The molecule has 8 heteroatoms. The number of carbonyl (C=O) groups excluding carboxylic acids is 1. The van der Waals surface area contributed by atoms with Crippen LogP contribution in [0.25, 0.3) is 0 Å². The standard InChI is InChI=1S/C18H18BrF2N3O2/c19-14-3-4-15(22-11-14)12-23-7-9-24(10-8-23)17(25)13-1-5-16(6-2-13)26-18(20)21/h1-6,11,18H,7-10,12H2. The van der Waals surface area contributed by atoms with Gasteiger partial charge in [0.25, 0.3) is 5.91 Å². The van der Waals surface area contributed by atoms with Gasteiger partial charge in [-0.2, -0.15) is 8.78 Å². The SMILES string of the molecule is O=C(c1ccc(OC(F)F)cc1)N1CCN(Cc2ccc(Br)cn2)CC1. The number of carbonyl (C=O) groups is 1. The zero-order valence-corrected chi connectivity index (χ0v) is 15.5. The van der Waals surface area contributed by atoms with E-state index in [1.165, 1.54) is 24.3 Å². The van der Waals surface area contributed by atoms with Gasteiger partial charge in [0.05, 0.1) is 5.69 Å². The lowest BCUT2D eigenvalue weighted by molar-refractivity contribution is -0.0498. The van der Waals surface area contributed by atoms with Gasteiger partial charge in [-0.25, -0.2) is 0 Å². The fourth-order valence-electron chi connectivity index (χ4n) is 2.80. The summed E-state index contributed by atoms with van der Waals surface area (Å²) in [5.74, 6) is -0.0571. The first-order chi connectivity index (χ1) is 12.5. The summed E-state index contributed by atoms with van der Waals surface area (Å²) in [6.45, 7) is 0.626. The van der Waals surface area contributed by atoms with Crippen LogP contribution in [0.1, 0.15) is 16.1 Å². The van der Waals surface area contributed by atoms with Crippen molar-refractivity contribution in [3.8, 4) is 5.75 Å². The topological polar surface area (TPSA) is 45.7 Å². The van der Waals surface area contributed by atoms with Crippen molar-refractivity contribution in [1.29, 1.82) is 0 Å². The number of pyridine rings is 1. The van der Waals surface area contributed by atoms with Gasteiger partial charge >= 0.3 is 6.61 Å². The van der Waals surface area contributed by atoms with Crippen LogP contribution in [0.2, 0.25) is 0 Å². The van der Waals surface area contributed by atoms with Gasteiger partial charge in [0, 0.05) is 49.0 Å². The van der Waals surface area contributed by atoms with Crippen molar-refractivity contribution in [3.63, 3.8) is 0 Å². The van der Waals surface area contributed by atoms with E-state index in [1.54, 1.807) is 11.1 Å². The smallest absolute Gasteiger partial charge is 0.387 e. The van der Waals surface area contributed by atoms with Gasteiger partial charge in [-0.1, -0.05) is 0 Å². The molecule has 0 unspecified atom stereocenters. The van der Waals surface area contributed by atoms with E-state index in [0.717, 1.165) is 29.8 Å². The molecular formula is C18H18BrF2N3O2. The summed E-state index contributed by atoms with van der Waals surface area (Å²) in [6, 6.07) is 9.73. The minimum absolute atomic E-state index is 0.0448. The summed E-state index contributed by atoms with van der Waals surface area (Å²) in [4.78, 5) is 20.9. The molecule has 1 aliphatic rings. The van der Waals surface area contributed by atoms with Crippen molar-refractivity contribution in [2.24, 2.45) is 0 Å². The fraction of sp³-hybridized carbons (Fsp3) is 0.333. The number of piperazine rings is 1. The van der Waals surface area contributed by atoms with Crippen LogP contribution in [-0.4, -0.2) is 53.5 Å². The van der Waals surface area contributed by atoms with E-state index in [9.17, 15) is 13.6 Å². The number of hydrogen-bond donors (Lipinski definition) is 0. The second-order valence-electron chi connectivity index (χ2n) is 5.94. The molecule has 26 heavy (non-hydrogen) atoms. The molecule has 0 N–H and O–H groups in total. The molecule has 0 bridgehead atoms.